The molecule has 4 heteroatoms. The van der Waals surface area contributed by atoms with Gasteiger partial charge in [-0.05, 0) is 11.6 Å². The number of terminal acetylenes is 1. The minimum atomic E-state index is -0.685. The zero-order valence-electron chi connectivity index (χ0n) is 10.4. The lowest BCUT2D eigenvalue weighted by molar-refractivity contribution is -0.153. The van der Waals surface area contributed by atoms with Crippen molar-refractivity contribution >= 4 is 18.0 Å². The Hall–Kier alpha value is -2.54. The summed E-state index contributed by atoms with van der Waals surface area (Å²) in [7, 11) is 0. The van der Waals surface area contributed by atoms with Gasteiger partial charge in [0.15, 0.2) is 6.61 Å². The molecule has 0 spiro atoms. The maximum absolute atomic E-state index is 11.2. The number of benzene rings is 1. The van der Waals surface area contributed by atoms with E-state index in [0.29, 0.717) is 0 Å². The molecule has 0 radical (unpaired) electrons. The molecule has 0 aromatic heterocycles. The van der Waals surface area contributed by atoms with Crippen LogP contribution in [0.4, 0.5) is 0 Å². The number of esters is 2. The average molecular weight is 258 g/mol. The first-order valence-corrected chi connectivity index (χ1v) is 5.68. The fourth-order valence-corrected chi connectivity index (χ4v) is 1.23. The number of ether oxygens (including phenoxy) is 2. The highest BCUT2D eigenvalue weighted by molar-refractivity contribution is 5.91. The molecule has 0 fully saturated rings. The summed E-state index contributed by atoms with van der Waals surface area (Å²) in [4.78, 5) is 22.2. The molecule has 0 aliphatic rings. The van der Waals surface area contributed by atoms with Crippen LogP contribution in [0.2, 0.25) is 0 Å². The SMILES string of the molecule is C#CCOC(=O)CC(=O)OC/C=C/c1ccccc1. The molecule has 98 valence electrons. The van der Waals surface area contributed by atoms with E-state index in [1.807, 2.05) is 36.4 Å². The number of hydrogen-bond donors (Lipinski definition) is 0. The second kappa shape index (κ2) is 8.54. The fraction of sp³-hybridized carbons (Fsp3) is 0.200. The summed E-state index contributed by atoms with van der Waals surface area (Å²) in [5.41, 5.74) is 1.01. The van der Waals surface area contributed by atoms with Gasteiger partial charge in [0, 0.05) is 0 Å². The Morgan fingerprint density at radius 2 is 1.84 bits per heavy atom. The van der Waals surface area contributed by atoms with Crippen LogP contribution < -0.4 is 0 Å². The Labute approximate surface area is 112 Å². The molecule has 1 rings (SSSR count). The van der Waals surface area contributed by atoms with E-state index in [9.17, 15) is 9.59 Å². The van der Waals surface area contributed by atoms with Crippen molar-refractivity contribution in [2.24, 2.45) is 0 Å². The molecule has 0 unspecified atom stereocenters. The van der Waals surface area contributed by atoms with Crippen molar-refractivity contribution in [3.05, 3.63) is 42.0 Å². The van der Waals surface area contributed by atoms with E-state index in [0.717, 1.165) is 5.56 Å². The number of hydrogen-bond acceptors (Lipinski definition) is 4. The summed E-state index contributed by atoms with van der Waals surface area (Å²) in [5.74, 6) is 0.812. The summed E-state index contributed by atoms with van der Waals surface area (Å²) >= 11 is 0. The number of carbonyl (C=O) groups excluding carboxylic acids is 2. The van der Waals surface area contributed by atoms with Crippen molar-refractivity contribution in [1.82, 2.24) is 0 Å². The number of carbonyl (C=O) groups is 2. The second-order valence-corrected chi connectivity index (χ2v) is 3.54. The molecular weight excluding hydrogens is 244 g/mol. The van der Waals surface area contributed by atoms with Gasteiger partial charge in [-0.2, -0.15) is 0 Å². The lowest BCUT2D eigenvalue weighted by Gasteiger charge is -2.01. The van der Waals surface area contributed by atoms with Crippen LogP contribution in [-0.4, -0.2) is 25.2 Å². The van der Waals surface area contributed by atoms with Gasteiger partial charge in [0.05, 0.1) is 0 Å². The van der Waals surface area contributed by atoms with Crippen LogP contribution in [0.3, 0.4) is 0 Å². The summed E-state index contributed by atoms with van der Waals surface area (Å²) in [5, 5.41) is 0. The molecule has 0 heterocycles. The van der Waals surface area contributed by atoms with E-state index in [-0.39, 0.29) is 13.2 Å². The van der Waals surface area contributed by atoms with Gasteiger partial charge in [-0.25, -0.2) is 0 Å². The molecule has 0 aliphatic heterocycles. The van der Waals surface area contributed by atoms with Crippen molar-refractivity contribution in [3.63, 3.8) is 0 Å². The molecule has 0 amide bonds. The maximum atomic E-state index is 11.2. The maximum Gasteiger partial charge on any atom is 0.318 e. The van der Waals surface area contributed by atoms with E-state index >= 15 is 0 Å². The average Bonchev–Trinajstić information content (AvgIpc) is 2.42. The molecule has 0 N–H and O–H groups in total. The van der Waals surface area contributed by atoms with Gasteiger partial charge in [0.1, 0.15) is 13.0 Å². The molecule has 4 nitrogen and oxygen atoms in total. The third-order valence-electron chi connectivity index (χ3n) is 2.06. The van der Waals surface area contributed by atoms with E-state index in [2.05, 4.69) is 10.7 Å². The first kappa shape index (κ1) is 14.5. The quantitative estimate of drug-likeness (QED) is 0.443. The standard InChI is InChI=1S/C15H14O4/c1-2-10-18-14(16)12-15(17)19-11-6-9-13-7-4-3-5-8-13/h1,3-9H,10-12H2/b9-6+. The summed E-state index contributed by atoms with van der Waals surface area (Å²) in [6, 6.07) is 9.59. The van der Waals surface area contributed by atoms with Crippen molar-refractivity contribution in [2.45, 2.75) is 6.42 Å². The molecular formula is C15H14O4. The molecule has 0 bridgehead atoms. The largest absolute Gasteiger partial charge is 0.461 e. The van der Waals surface area contributed by atoms with Crippen molar-refractivity contribution in [2.75, 3.05) is 13.2 Å². The van der Waals surface area contributed by atoms with E-state index in [4.69, 9.17) is 11.2 Å². The van der Waals surface area contributed by atoms with Crippen molar-refractivity contribution in [1.29, 1.82) is 0 Å². The summed E-state index contributed by atoms with van der Waals surface area (Å²) < 4.78 is 9.38. The van der Waals surface area contributed by atoms with Gasteiger partial charge in [0.25, 0.3) is 0 Å². The van der Waals surface area contributed by atoms with E-state index in [1.54, 1.807) is 6.08 Å². The van der Waals surface area contributed by atoms with Crippen LogP contribution in [0, 0.1) is 12.3 Å². The van der Waals surface area contributed by atoms with Crippen molar-refractivity contribution < 1.29 is 19.1 Å². The first-order valence-electron chi connectivity index (χ1n) is 5.68. The van der Waals surface area contributed by atoms with Crippen LogP contribution in [0.5, 0.6) is 0 Å². The topological polar surface area (TPSA) is 52.6 Å². The molecule has 1 aromatic rings. The molecule has 0 saturated heterocycles. The van der Waals surface area contributed by atoms with E-state index in [1.165, 1.54) is 0 Å². The Kier molecular flexibility index (Phi) is 6.52. The van der Waals surface area contributed by atoms with Gasteiger partial charge in [-0.15, -0.1) is 6.42 Å². The van der Waals surface area contributed by atoms with E-state index < -0.39 is 18.4 Å². The Morgan fingerprint density at radius 1 is 1.16 bits per heavy atom. The van der Waals surface area contributed by atoms with Gasteiger partial charge in [-0.3, -0.25) is 9.59 Å². The smallest absolute Gasteiger partial charge is 0.318 e. The van der Waals surface area contributed by atoms with Crippen molar-refractivity contribution in [3.8, 4) is 12.3 Å². The Bertz CT molecular complexity index is 483. The normalized spacial score (nSPS) is 9.84. The highest BCUT2D eigenvalue weighted by Gasteiger charge is 2.10. The minimum absolute atomic E-state index is 0.107. The zero-order valence-corrected chi connectivity index (χ0v) is 10.4. The Balaban J connectivity index is 2.22. The molecule has 0 aliphatic carbocycles. The number of rotatable bonds is 6. The lowest BCUT2D eigenvalue weighted by atomic mass is 10.2. The van der Waals surface area contributed by atoms with Gasteiger partial charge >= 0.3 is 11.9 Å². The summed E-state index contributed by atoms with van der Waals surface area (Å²) in [6.07, 6.45) is 8.00. The molecule has 1 aromatic carbocycles. The Morgan fingerprint density at radius 3 is 2.53 bits per heavy atom. The fourth-order valence-electron chi connectivity index (χ4n) is 1.23. The predicted octanol–water partition coefficient (Wildman–Crippen LogP) is 1.81. The van der Waals surface area contributed by atoms with Gasteiger partial charge in [-0.1, -0.05) is 42.3 Å². The molecule has 19 heavy (non-hydrogen) atoms. The highest BCUT2D eigenvalue weighted by atomic mass is 16.6. The van der Waals surface area contributed by atoms with Crippen LogP contribution in [-0.2, 0) is 19.1 Å². The third-order valence-corrected chi connectivity index (χ3v) is 2.06. The monoisotopic (exact) mass is 258 g/mol. The van der Waals surface area contributed by atoms with Crippen LogP contribution >= 0.6 is 0 Å². The second-order valence-electron chi connectivity index (χ2n) is 3.54. The highest BCUT2D eigenvalue weighted by Crippen LogP contribution is 2.00. The minimum Gasteiger partial charge on any atom is -0.461 e. The van der Waals surface area contributed by atoms with Crippen LogP contribution in [0.1, 0.15) is 12.0 Å². The lowest BCUT2D eigenvalue weighted by Crippen LogP contribution is -2.14. The van der Waals surface area contributed by atoms with Crippen LogP contribution in [0.15, 0.2) is 36.4 Å². The zero-order chi connectivity index (χ0) is 13.9. The molecule has 0 atom stereocenters. The van der Waals surface area contributed by atoms with Gasteiger partial charge < -0.3 is 9.47 Å². The predicted molar refractivity (Wildman–Crippen MR) is 70.8 cm³/mol. The molecule has 0 saturated carbocycles. The summed E-state index contributed by atoms with van der Waals surface area (Å²) in [6.45, 7) is -0.0316. The van der Waals surface area contributed by atoms with Gasteiger partial charge in [0.2, 0.25) is 0 Å². The first-order chi connectivity index (χ1) is 9.22. The van der Waals surface area contributed by atoms with Crippen LogP contribution in [0.25, 0.3) is 6.08 Å². The third kappa shape index (κ3) is 6.69.